The Hall–Kier alpha value is -6.45. The van der Waals surface area contributed by atoms with Crippen molar-refractivity contribution < 1.29 is 0 Å². The lowest BCUT2D eigenvalue weighted by Gasteiger charge is -2.14. The van der Waals surface area contributed by atoms with Crippen LogP contribution in [0.2, 0.25) is 0 Å². The molecule has 0 saturated heterocycles. The molecule has 0 aliphatic carbocycles. The molecular weight excluding hydrogens is 583 g/mol. The zero-order chi connectivity index (χ0) is 31.9. The molecule has 3 nitrogen and oxygen atoms in total. The maximum Gasteiger partial charge on any atom is 0.164 e. The molecule has 0 atom stereocenters. The standard InChI is InChI=1S/C45H29N3/c1-2-13-33(14-3-1)43-46-44(34-24-21-31(22-25-34)36-26-23-30-11-4-5-15-35(30)29-36)48-45(47-43)42-28-27-41(39-18-8-9-19-40(39)42)38-20-10-16-32-12-6-7-17-37(32)38/h1-29H. The van der Waals surface area contributed by atoms with Crippen LogP contribution in [0.25, 0.3) is 88.7 Å². The van der Waals surface area contributed by atoms with Gasteiger partial charge in [0.15, 0.2) is 17.5 Å². The lowest BCUT2D eigenvalue weighted by atomic mass is 9.92. The second-order valence-corrected chi connectivity index (χ2v) is 12.0. The molecule has 0 amide bonds. The Balaban J connectivity index is 1.18. The molecule has 0 N–H and O–H groups in total. The van der Waals surface area contributed by atoms with Crippen molar-refractivity contribution >= 4 is 32.3 Å². The largest absolute Gasteiger partial charge is 0.208 e. The first-order valence-corrected chi connectivity index (χ1v) is 16.2. The summed E-state index contributed by atoms with van der Waals surface area (Å²) in [5.74, 6) is 1.95. The van der Waals surface area contributed by atoms with E-state index in [0.717, 1.165) is 33.0 Å². The van der Waals surface area contributed by atoms with Gasteiger partial charge in [0.1, 0.15) is 0 Å². The number of hydrogen-bond acceptors (Lipinski definition) is 3. The Morgan fingerprint density at radius 3 is 1.52 bits per heavy atom. The molecule has 0 unspecified atom stereocenters. The highest BCUT2D eigenvalue weighted by Crippen LogP contribution is 2.38. The monoisotopic (exact) mass is 611 g/mol. The molecule has 9 rings (SSSR count). The highest BCUT2D eigenvalue weighted by Gasteiger charge is 2.17. The van der Waals surface area contributed by atoms with E-state index < -0.39 is 0 Å². The minimum atomic E-state index is 0.645. The normalized spacial score (nSPS) is 11.3. The molecule has 224 valence electrons. The van der Waals surface area contributed by atoms with Crippen molar-refractivity contribution in [2.45, 2.75) is 0 Å². The summed E-state index contributed by atoms with van der Waals surface area (Å²) < 4.78 is 0. The van der Waals surface area contributed by atoms with Crippen LogP contribution in [0.5, 0.6) is 0 Å². The predicted octanol–water partition coefficient (Wildman–Crippen LogP) is 11.7. The Kier molecular flexibility index (Phi) is 6.80. The highest BCUT2D eigenvalue weighted by atomic mass is 15.0. The summed E-state index contributed by atoms with van der Waals surface area (Å²) in [7, 11) is 0. The van der Waals surface area contributed by atoms with Crippen LogP contribution < -0.4 is 0 Å². The maximum absolute atomic E-state index is 5.12. The number of benzene rings is 8. The lowest BCUT2D eigenvalue weighted by molar-refractivity contribution is 1.08. The predicted molar refractivity (Wildman–Crippen MR) is 200 cm³/mol. The molecule has 0 aliphatic heterocycles. The van der Waals surface area contributed by atoms with Gasteiger partial charge in [-0.2, -0.15) is 0 Å². The third-order valence-electron chi connectivity index (χ3n) is 9.14. The minimum Gasteiger partial charge on any atom is -0.208 e. The van der Waals surface area contributed by atoms with Crippen LogP contribution >= 0.6 is 0 Å². The van der Waals surface area contributed by atoms with Crippen LogP contribution in [0.4, 0.5) is 0 Å². The van der Waals surface area contributed by atoms with E-state index >= 15 is 0 Å². The quantitative estimate of drug-likeness (QED) is 0.194. The van der Waals surface area contributed by atoms with Gasteiger partial charge in [-0.3, -0.25) is 0 Å². The van der Waals surface area contributed by atoms with Crippen molar-refractivity contribution in [1.29, 1.82) is 0 Å². The summed E-state index contributed by atoms with van der Waals surface area (Å²) in [5.41, 5.74) is 7.60. The topological polar surface area (TPSA) is 38.7 Å². The van der Waals surface area contributed by atoms with Crippen LogP contribution in [-0.4, -0.2) is 15.0 Å². The second-order valence-electron chi connectivity index (χ2n) is 12.0. The fourth-order valence-electron chi connectivity index (χ4n) is 6.71. The van der Waals surface area contributed by atoms with E-state index in [1.54, 1.807) is 0 Å². The fraction of sp³-hybridized carbons (Fsp3) is 0. The summed E-state index contributed by atoms with van der Waals surface area (Å²) in [6, 6.07) is 61.7. The number of nitrogens with zero attached hydrogens (tertiary/aromatic N) is 3. The van der Waals surface area contributed by atoms with Gasteiger partial charge in [0.05, 0.1) is 0 Å². The van der Waals surface area contributed by atoms with Crippen molar-refractivity contribution in [3.63, 3.8) is 0 Å². The molecule has 1 aromatic heterocycles. The van der Waals surface area contributed by atoms with Crippen LogP contribution in [0.1, 0.15) is 0 Å². The first-order valence-electron chi connectivity index (χ1n) is 16.2. The smallest absolute Gasteiger partial charge is 0.164 e. The van der Waals surface area contributed by atoms with E-state index in [-0.39, 0.29) is 0 Å². The van der Waals surface area contributed by atoms with Crippen LogP contribution in [0.15, 0.2) is 176 Å². The van der Waals surface area contributed by atoms with Gasteiger partial charge in [-0.15, -0.1) is 0 Å². The molecule has 0 saturated carbocycles. The van der Waals surface area contributed by atoms with Gasteiger partial charge >= 0.3 is 0 Å². The van der Waals surface area contributed by atoms with Crippen molar-refractivity contribution in [3.05, 3.63) is 176 Å². The Morgan fingerprint density at radius 2 is 0.750 bits per heavy atom. The van der Waals surface area contributed by atoms with E-state index in [4.69, 9.17) is 15.0 Å². The molecule has 48 heavy (non-hydrogen) atoms. The van der Waals surface area contributed by atoms with Gasteiger partial charge in [0.2, 0.25) is 0 Å². The maximum atomic E-state index is 5.12. The summed E-state index contributed by atoms with van der Waals surface area (Å²) in [6.45, 7) is 0. The molecule has 1 heterocycles. The van der Waals surface area contributed by atoms with Gasteiger partial charge in [-0.1, -0.05) is 164 Å². The summed E-state index contributed by atoms with van der Waals surface area (Å²) in [4.78, 5) is 15.2. The van der Waals surface area contributed by atoms with Crippen molar-refractivity contribution in [3.8, 4) is 56.4 Å². The molecule has 0 spiro atoms. The molecule has 9 aromatic rings. The number of fused-ring (bicyclic) bond motifs is 3. The molecular formula is C45H29N3. The van der Waals surface area contributed by atoms with Gasteiger partial charge in [-0.05, 0) is 66.7 Å². The van der Waals surface area contributed by atoms with Gasteiger partial charge in [-0.25, -0.2) is 15.0 Å². The van der Waals surface area contributed by atoms with E-state index in [2.05, 4.69) is 146 Å². The minimum absolute atomic E-state index is 0.645. The lowest BCUT2D eigenvalue weighted by Crippen LogP contribution is -2.00. The van der Waals surface area contributed by atoms with Gasteiger partial charge in [0.25, 0.3) is 0 Å². The summed E-state index contributed by atoms with van der Waals surface area (Å²) in [5, 5.41) is 7.19. The fourth-order valence-corrected chi connectivity index (χ4v) is 6.71. The van der Waals surface area contributed by atoms with Gasteiger partial charge < -0.3 is 0 Å². The summed E-state index contributed by atoms with van der Waals surface area (Å²) in [6.07, 6.45) is 0. The summed E-state index contributed by atoms with van der Waals surface area (Å²) >= 11 is 0. The van der Waals surface area contributed by atoms with E-state index in [0.29, 0.717) is 17.5 Å². The third-order valence-corrected chi connectivity index (χ3v) is 9.14. The zero-order valence-electron chi connectivity index (χ0n) is 26.1. The van der Waals surface area contributed by atoms with E-state index in [9.17, 15) is 0 Å². The number of rotatable bonds is 5. The van der Waals surface area contributed by atoms with E-state index in [1.807, 2.05) is 30.3 Å². The number of hydrogen-bond donors (Lipinski definition) is 0. The SMILES string of the molecule is c1ccc(-c2nc(-c3ccc(-c4ccc5ccccc5c4)cc3)nc(-c3ccc(-c4cccc5ccccc45)c4ccccc34)n2)cc1. The Morgan fingerprint density at radius 1 is 0.250 bits per heavy atom. The molecule has 0 radical (unpaired) electrons. The van der Waals surface area contributed by atoms with Crippen molar-refractivity contribution in [1.82, 2.24) is 15.0 Å². The molecule has 3 heteroatoms. The third kappa shape index (κ3) is 4.99. The van der Waals surface area contributed by atoms with Gasteiger partial charge in [0, 0.05) is 16.7 Å². The average molecular weight is 612 g/mol. The van der Waals surface area contributed by atoms with Crippen LogP contribution in [0, 0.1) is 0 Å². The van der Waals surface area contributed by atoms with Crippen LogP contribution in [-0.2, 0) is 0 Å². The van der Waals surface area contributed by atoms with Crippen LogP contribution in [0.3, 0.4) is 0 Å². The second kappa shape index (κ2) is 11.7. The molecule has 0 bridgehead atoms. The number of aromatic nitrogens is 3. The van der Waals surface area contributed by atoms with Crippen molar-refractivity contribution in [2.24, 2.45) is 0 Å². The molecule has 8 aromatic carbocycles. The first kappa shape index (κ1) is 27.8. The zero-order valence-corrected chi connectivity index (χ0v) is 26.1. The first-order chi connectivity index (χ1) is 23.8. The molecule has 0 fully saturated rings. The average Bonchev–Trinajstić information content (AvgIpc) is 3.17. The Bertz CT molecular complexity index is 2600. The Labute approximate surface area is 278 Å². The van der Waals surface area contributed by atoms with Crippen molar-refractivity contribution in [2.75, 3.05) is 0 Å². The van der Waals surface area contributed by atoms with E-state index in [1.165, 1.54) is 38.2 Å². The highest BCUT2D eigenvalue weighted by molar-refractivity contribution is 6.09. The molecule has 0 aliphatic rings.